The Kier molecular flexibility index (Phi) is 4.80. The van der Waals surface area contributed by atoms with E-state index in [2.05, 4.69) is 15.4 Å². The van der Waals surface area contributed by atoms with Crippen LogP contribution in [0.2, 0.25) is 0 Å². The highest BCUT2D eigenvalue weighted by Gasteiger charge is 2.73. The van der Waals surface area contributed by atoms with Crippen LogP contribution in [0.3, 0.4) is 0 Å². The molecule has 2 N–H and O–H groups in total. The molecule has 0 fully saturated rings. The molecule has 6 rings (SSSR count). The predicted molar refractivity (Wildman–Crippen MR) is 135 cm³/mol. The number of hydrogen-bond donors (Lipinski definition) is 2. The third-order valence-electron chi connectivity index (χ3n) is 7.44. The third-order valence-corrected chi connectivity index (χ3v) is 7.44. The summed E-state index contributed by atoms with van der Waals surface area (Å²) in [7, 11) is 1.74. The zero-order chi connectivity index (χ0) is 27.1. The number of ether oxygens (including phenoxy) is 1. The number of nitro groups is 1. The number of aryl methyl sites for hydroxylation is 2. The van der Waals surface area contributed by atoms with Gasteiger partial charge in [0.15, 0.2) is 5.65 Å². The van der Waals surface area contributed by atoms with Crippen LogP contribution in [-0.2, 0) is 18.4 Å². The van der Waals surface area contributed by atoms with Crippen molar-refractivity contribution in [1.29, 1.82) is 0 Å². The highest BCUT2D eigenvalue weighted by atomic mass is 16.6. The number of ketones is 1. The Labute approximate surface area is 216 Å². The van der Waals surface area contributed by atoms with Crippen molar-refractivity contribution in [1.82, 2.24) is 20.1 Å². The van der Waals surface area contributed by atoms with Gasteiger partial charge in [-0.3, -0.25) is 24.4 Å². The largest absolute Gasteiger partial charge is 0.454 e. The second-order valence-corrected chi connectivity index (χ2v) is 9.95. The molecule has 0 saturated carbocycles. The minimum Gasteiger partial charge on any atom is -0.454 e. The van der Waals surface area contributed by atoms with Crippen molar-refractivity contribution in [2.24, 2.45) is 7.05 Å². The summed E-state index contributed by atoms with van der Waals surface area (Å²) in [5, 5.41) is 31.6. The molecule has 2 aromatic heterocycles. The number of aliphatic hydroxyl groups is 1. The Bertz CT molecular complexity index is 1730. The summed E-state index contributed by atoms with van der Waals surface area (Å²) in [5.74, 6) is -3.64. The van der Waals surface area contributed by atoms with Gasteiger partial charge >= 0.3 is 0 Å². The second-order valence-electron chi connectivity index (χ2n) is 9.95. The first-order valence-corrected chi connectivity index (χ1v) is 12.0. The highest BCUT2D eigenvalue weighted by Crippen LogP contribution is 2.59. The summed E-state index contributed by atoms with van der Waals surface area (Å²) in [5.41, 5.74) is -0.589. The lowest BCUT2D eigenvalue weighted by atomic mass is 9.82. The van der Waals surface area contributed by atoms with Gasteiger partial charge in [-0.1, -0.05) is 38.1 Å². The van der Waals surface area contributed by atoms with E-state index in [1.807, 2.05) is 13.8 Å². The van der Waals surface area contributed by atoms with Gasteiger partial charge in [0.25, 0.3) is 17.4 Å². The molecule has 38 heavy (non-hydrogen) atoms. The molecule has 1 aliphatic carbocycles. The molecule has 192 valence electrons. The number of carbonyl (C=O) groups is 2. The number of Topliss-reactive ketones (excluding diaryl/α,β-unsaturated/α-hetero) is 1. The maximum atomic E-state index is 14.2. The predicted octanol–water partition coefficient (Wildman–Crippen LogP) is 3.37. The molecule has 2 aromatic carbocycles. The van der Waals surface area contributed by atoms with Crippen molar-refractivity contribution in [3.8, 4) is 5.75 Å². The molecular formula is C27H23N5O6. The molecule has 1 aliphatic heterocycles. The molecule has 1 amide bonds. The van der Waals surface area contributed by atoms with Crippen LogP contribution >= 0.6 is 0 Å². The van der Waals surface area contributed by atoms with E-state index in [0.29, 0.717) is 16.7 Å². The normalized spacial score (nSPS) is 21.3. The number of nitro benzene ring substituents is 1. The van der Waals surface area contributed by atoms with Crippen LogP contribution in [0.15, 0.2) is 48.7 Å². The smallest absolute Gasteiger partial charge is 0.280 e. The SMILES string of the molecule is Cc1nn(C)c2ncc(C(=O)NC34C(=O)c5c([N+](=O)[O-])cccc5C3(O)Oc3cc(C(C)C)ccc34)cc12. The standard InChI is InChI=1S/C27H23N5O6/c1-13(2)15-8-9-18-21(11-15)38-27(35)19-6-5-7-20(32(36)37)22(19)23(33)26(18,27)29-25(34)16-10-17-14(3)30-31(4)24(17)28-12-16/h5-13,35H,1-4H3,(H,29,34). The minimum atomic E-state index is -2.42. The van der Waals surface area contributed by atoms with E-state index in [-0.39, 0.29) is 33.9 Å². The second kappa shape index (κ2) is 7.68. The average Bonchev–Trinajstić information content (AvgIpc) is 3.38. The molecular weight excluding hydrogens is 490 g/mol. The van der Waals surface area contributed by atoms with Gasteiger partial charge in [-0.25, -0.2) is 4.98 Å². The molecule has 0 spiro atoms. The lowest BCUT2D eigenvalue weighted by Gasteiger charge is -2.34. The van der Waals surface area contributed by atoms with Crippen LogP contribution in [0, 0.1) is 17.0 Å². The monoisotopic (exact) mass is 513 g/mol. The molecule has 11 heteroatoms. The van der Waals surface area contributed by atoms with E-state index in [9.17, 15) is 24.8 Å². The number of fused-ring (bicyclic) bond motifs is 6. The van der Waals surface area contributed by atoms with Crippen LogP contribution in [0.1, 0.15) is 62.9 Å². The van der Waals surface area contributed by atoms with Crippen LogP contribution in [0.25, 0.3) is 11.0 Å². The molecule has 11 nitrogen and oxygen atoms in total. The van der Waals surface area contributed by atoms with Crippen molar-refractivity contribution in [2.75, 3.05) is 0 Å². The zero-order valence-corrected chi connectivity index (χ0v) is 21.0. The van der Waals surface area contributed by atoms with Gasteiger partial charge in [0.2, 0.25) is 11.3 Å². The topological polar surface area (TPSA) is 149 Å². The quantitative estimate of drug-likeness (QED) is 0.312. The van der Waals surface area contributed by atoms with Gasteiger partial charge in [0.05, 0.1) is 16.2 Å². The molecule has 2 unspecified atom stereocenters. The van der Waals surface area contributed by atoms with Gasteiger partial charge in [-0.15, -0.1) is 0 Å². The average molecular weight is 514 g/mol. The Morgan fingerprint density at radius 3 is 2.68 bits per heavy atom. The third kappa shape index (κ3) is 2.87. The number of rotatable bonds is 4. The fourth-order valence-corrected chi connectivity index (χ4v) is 5.53. The van der Waals surface area contributed by atoms with Crippen molar-refractivity contribution in [2.45, 2.75) is 38.0 Å². The summed E-state index contributed by atoms with van der Waals surface area (Å²) in [6.07, 6.45) is 1.35. The van der Waals surface area contributed by atoms with Gasteiger partial charge in [-0.05, 0) is 30.5 Å². The van der Waals surface area contributed by atoms with Gasteiger partial charge in [-0.2, -0.15) is 5.10 Å². The summed E-state index contributed by atoms with van der Waals surface area (Å²) < 4.78 is 7.63. The van der Waals surface area contributed by atoms with E-state index in [1.54, 1.807) is 42.9 Å². The van der Waals surface area contributed by atoms with Gasteiger partial charge < -0.3 is 15.2 Å². The van der Waals surface area contributed by atoms with E-state index in [4.69, 9.17) is 4.74 Å². The maximum Gasteiger partial charge on any atom is 0.280 e. The Hall–Kier alpha value is -4.64. The first-order valence-electron chi connectivity index (χ1n) is 12.0. The van der Waals surface area contributed by atoms with E-state index in [0.717, 1.165) is 5.56 Å². The van der Waals surface area contributed by atoms with Crippen LogP contribution in [-0.4, -0.2) is 36.5 Å². The molecule has 0 saturated heterocycles. The zero-order valence-electron chi connectivity index (χ0n) is 21.0. The number of hydrogen-bond acceptors (Lipinski definition) is 8. The van der Waals surface area contributed by atoms with Crippen LogP contribution in [0.4, 0.5) is 5.69 Å². The molecule has 0 radical (unpaired) electrons. The summed E-state index contributed by atoms with van der Waals surface area (Å²) in [4.78, 5) is 43.3. The Balaban J connectivity index is 1.56. The molecule has 0 bridgehead atoms. The van der Waals surface area contributed by atoms with Gasteiger partial charge in [0, 0.05) is 35.8 Å². The summed E-state index contributed by atoms with van der Waals surface area (Å²) in [6.45, 7) is 5.75. The number of nitrogens with one attached hydrogen (secondary N) is 1. The van der Waals surface area contributed by atoms with Crippen molar-refractivity contribution < 1.29 is 24.4 Å². The lowest BCUT2D eigenvalue weighted by molar-refractivity contribution is -0.385. The molecule has 2 aliphatic rings. The Morgan fingerprint density at radius 2 is 1.97 bits per heavy atom. The number of pyridine rings is 1. The highest BCUT2D eigenvalue weighted by molar-refractivity contribution is 6.15. The van der Waals surface area contributed by atoms with Crippen molar-refractivity contribution in [3.05, 3.63) is 92.3 Å². The number of aromatic nitrogens is 3. The van der Waals surface area contributed by atoms with Gasteiger partial charge in [0.1, 0.15) is 11.3 Å². The first kappa shape index (κ1) is 23.7. The fourth-order valence-electron chi connectivity index (χ4n) is 5.53. The van der Waals surface area contributed by atoms with Crippen molar-refractivity contribution in [3.63, 3.8) is 0 Å². The number of nitrogens with zero attached hydrogens (tertiary/aromatic N) is 4. The maximum absolute atomic E-state index is 14.2. The number of amides is 1. The minimum absolute atomic E-state index is 0.0871. The summed E-state index contributed by atoms with van der Waals surface area (Å²) >= 11 is 0. The van der Waals surface area contributed by atoms with Crippen LogP contribution < -0.4 is 10.1 Å². The van der Waals surface area contributed by atoms with Crippen LogP contribution in [0.5, 0.6) is 5.75 Å². The summed E-state index contributed by atoms with van der Waals surface area (Å²) in [6, 6.07) is 10.7. The molecule has 2 atom stereocenters. The Morgan fingerprint density at radius 1 is 1.21 bits per heavy atom. The molecule has 3 heterocycles. The number of carbonyl (C=O) groups excluding carboxylic acids is 2. The van der Waals surface area contributed by atoms with E-state index in [1.165, 1.54) is 24.4 Å². The van der Waals surface area contributed by atoms with Crippen molar-refractivity contribution >= 4 is 28.4 Å². The van der Waals surface area contributed by atoms with E-state index >= 15 is 0 Å². The number of benzene rings is 2. The molecule has 4 aromatic rings. The lowest BCUT2D eigenvalue weighted by Crippen LogP contribution is -2.60. The fraction of sp³-hybridized carbons (Fsp3) is 0.259. The first-order chi connectivity index (χ1) is 18.0. The van der Waals surface area contributed by atoms with E-state index < -0.39 is 33.6 Å².